The number of aromatic nitrogens is 4. The SMILES string of the molecule is O=C(c1ccco1)N1CCN(C(c2ccc(F)cc2)c2nnnn2Cc2cccs2)CC1.[Cl-]. The van der Waals surface area contributed by atoms with Crippen LogP contribution in [0.5, 0.6) is 0 Å². The lowest BCUT2D eigenvalue weighted by Gasteiger charge is -2.38. The maximum atomic E-state index is 13.6. The maximum absolute atomic E-state index is 13.6. The Labute approximate surface area is 200 Å². The summed E-state index contributed by atoms with van der Waals surface area (Å²) in [6, 6.07) is 13.6. The summed E-state index contributed by atoms with van der Waals surface area (Å²) in [5.74, 6) is 0.624. The highest BCUT2D eigenvalue weighted by Crippen LogP contribution is 2.29. The number of hydrogen-bond acceptors (Lipinski definition) is 7. The van der Waals surface area contributed by atoms with Gasteiger partial charge >= 0.3 is 0 Å². The van der Waals surface area contributed by atoms with E-state index in [2.05, 4.69) is 20.4 Å². The van der Waals surface area contributed by atoms with Crippen molar-refractivity contribution in [3.63, 3.8) is 0 Å². The van der Waals surface area contributed by atoms with Crippen LogP contribution in [0.25, 0.3) is 0 Å². The first-order valence-electron chi connectivity index (χ1n) is 10.3. The van der Waals surface area contributed by atoms with Gasteiger partial charge in [-0.1, -0.05) is 18.2 Å². The number of nitrogens with zero attached hydrogens (tertiary/aromatic N) is 6. The molecule has 0 bridgehead atoms. The third-order valence-electron chi connectivity index (χ3n) is 5.57. The molecule has 8 nitrogen and oxygen atoms in total. The summed E-state index contributed by atoms with van der Waals surface area (Å²) in [6.45, 7) is 2.91. The van der Waals surface area contributed by atoms with Gasteiger partial charge in [-0.2, -0.15) is 0 Å². The highest BCUT2D eigenvalue weighted by atomic mass is 35.5. The van der Waals surface area contributed by atoms with Crippen molar-refractivity contribution in [1.82, 2.24) is 30.0 Å². The molecule has 1 aliphatic heterocycles. The number of piperazine rings is 1. The second-order valence-electron chi connectivity index (χ2n) is 7.53. The van der Waals surface area contributed by atoms with Crippen LogP contribution >= 0.6 is 11.3 Å². The molecule has 1 saturated heterocycles. The first-order valence-corrected chi connectivity index (χ1v) is 11.2. The fraction of sp³-hybridized carbons (Fsp3) is 0.273. The van der Waals surface area contributed by atoms with Crippen LogP contribution in [0.1, 0.15) is 32.9 Å². The smallest absolute Gasteiger partial charge is 0.289 e. The van der Waals surface area contributed by atoms with E-state index in [0.29, 0.717) is 44.3 Å². The second kappa shape index (κ2) is 10.2. The number of furan rings is 1. The van der Waals surface area contributed by atoms with E-state index in [1.807, 2.05) is 17.5 Å². The molecule has 172 valence electrons. The third-order valence-corrected chi connectivity index (χ3v) is 6.44. The summed E-state index contributed by atoms with van der Waals surface area (Å²) >= 11 is 1.64. The molecule has 1 atom stereocenters. The molecule has 11 heteroatoms. The number of halogens is 2. The molecule has 0 N–H and O–H groups in total. The third kappa shape index (κ3) is 4.97. The molecular weight excluding hydrogens is 467 g/mol. The van der Waals surface area contributed by atoms with Crippen molar-refractivity contribution < 1.29 is 26.0 Å². The summed E-state index contributed by atoms with van der Waals surface area (Å²) in [6.07, 6.45) is 1.50. The average Bonchev–Trinajstić information content (AvgIpc) is 3.60. The first kappa shape index (κ1) is 23.1. The van der Waals surface area contributed by atoms with Crippen LogP contribution in [0.3, 0.4) is 0 Å². The molecule has 1 aliphatic rings. The average molecular weight is 488 g/mol. The molecule has 1 aromatic carbocycles. The lowest BCUT2D eigenvalue weighted by Crippen LogP contribution is -3.00. The topological polar surface area (TPSA) is 80.3 Å². The minimum atomic E-state index is -0.292. The highest BCUT2D eigenvalue weighted by Gasteiger charge is 2.32. The zero-order valence-corrected chi connectivity index (χ0v) is 19.1. The number of tetrazole rings is 1. The predicted molar refractivity (Wildman–Crippen MR) is 116 cm³/mol. The van der Waals surface area contributed by atoms with E-state index in [9.17, 15) is 9.18 Å². The molecule has 1 unspecified atom stereocenters. The van der Waals surface area contributed by atoms with Crippen LogP contribution in [-0.4, -0.2) is 62.1 Å². The largest absolute Gasteiger partial charge is 1.00 e. The number of rotatable bonds is 6. The minimum absolute atomic E-state index is 0. The molecule has 4 heterocycles. The van der Waals surface area contributed by atoms with Crippen molar-refractivity contribution in [3.05, 3.63) is 88.0 Å². The second-order valence-corrected chi connectivity index (χ2v) is 8.57. The quantitative estimate of drug-likeness (QED) is 0.383. The molecule has 0 radical (unpaired) electrons. The van der Waals surface area contributed by atoms with Gasteiger partial charge in [-0.3, -0.25) is 9.69 Å². The van der Waals surface area contributed by atoms with Gasteiger partial charge in [0.1, 0.15) is 5.82 Å². The van der Waals surface area contributed by atoms with Crippen molar-refractivity contribution in [1.29, 1.82) is 0 Å². The maximum Gasteiger partial charge on any atom is 0.289 e. The van der Waals surface area contributed by atoms with E-state index in [-0.39, 0.29) is 30.2 Å². The van der Waals surface area contributed by atoms with E-state index in [4.69, 9.17) is 4.42 Å². The number of benzene rings is 1. The number of carbonyl (C=O) groups is 1. The van der Waals surface area contributed by atoms with Crippen LogP contribution in [-0.2, 0) is 6.54 Å². The molecule has 3 aromatic heterocycles. The van der Waals surface area contributed by atoms with Crippen LogP contribution in [0, 0.1) is 5.82 Å². The van der Waals surface area contributed by atoms with Gasteiger partial charge in [0.05, 0.1) is 18.8 Å². The van der Waals surface area contributed by atoms with E-state index >= 15 is 0 Å². The number of hydrogen-bond donors (Lipinski definition) is 0. The Morgan fingerprint density at radius 2 is 1.88 bits per heavy atom. The molecule has 5 rings (SSSR count). The van der Waals surface area contributed by atoms with Gasteiger partial charge in [0.2, 0.25) is 0 Å². The Morgan fingerprint density at radius 1 is 1.09 bits per heavy atom. The van der Waals surface area contributed by atoms with E-state index in [1.54, 1.807) is 45.2 Å². The molecule has 0 aliphatic carbocycles. The fourth-order valence-corrected chi connectivity index (χ4v) is 4.66. The van der Waals surface area contributed by atoms with Crippen molar-refractivity contribution in [2.24, 2.45) is 0 Å². The predicted octanol–water partition coefficient (Wildman–Crippen LogP) is 0.0664. The van der Waals surface area contributed by atoms with Crippen LogP contribution in [0.2, 0.25) is 0 Å². The standard InChI is InChI=1S/C22H21FN6O2S.ClH/c23-17-7-5-16(6-8-17)20(21-24-25-26-29(21)15-18-3-2-14-32-18)27-9-11-28(12-10-27)22(30)19-4-1-13-31-19;/h1-8,13-14,20H,9-12,15H2;1H/p-1. The van der Waals surface area contributed by atoms with Gasteiger partial charge in [-0.15, -0.1) is 16.4 Å². The Hall–Kier alpha value is -3.08. The van der Waals surface area contributed by atoms with Crippen molar-refractivity contribution in [2.75, 3.05) is 26.2 Å². The monoisotopic (exact) mass is 487 g/mol. The number of thiophene rings is 1. The van der Waals surface area contributed by atoms with Crippen molar-refractivity contribution in [2.45, 2.75) is 12.6 Å². The Balaban J connectivity index is 0.00000259. The zero-order chi connectivity index (χ0) is 21.9. The Morgan fingerprint density at radius 3 is 2.55 bits per heavy atom. The van der Waals surface area contributed by atoms with Crippen molar-refractivity contribution in [3.8, 4) is 0 Å². The van der Waals surface area contributed by atoms with Crippen LogP contribution in [0.4, 0.5) is 4.39 Å². The van der Waals surface area contributed by atoms with Crippen LogP contribution < -0.4 is 12.4 Å². The summed E-state index contributed by atoms with van der Waals surface area (Å²) in [4.78, 5) is 17.8. The highest BCUT2D eigenvalue weighted by molar-refractivity contribution is 7.09. The molecule has 1 amide bonds. The molecule has 0 spiro atoms. The summed E-state index contributed by atoms with van der Waals surface area (Å²) in [5, 5.41) is 14.5. The Bertz CT molecular complexity index is 1160. The van der Waals surface area contributed by atoms with Gasteiger partial charge in [0.15, 0.2) is 11.6 Å². The summed E-state index contributed by atoms with van der Waals surface area (Å²) in [5.41, 5.74) is 0.902. The van der Waals surface area contributed by atoms with Gasteiger partial charge in [-0.25, -0.2) is 9.07 Å². The van der Waals surface area contributed by atoms with Gasteiger partial charge in [0, 0.05) is 31.1 Å². The fourth-order valence-electron chi connectivity index (χ4n) is 3.98. The van der Waals surface area contributed by atoms with Gasteiger partial charge < -0.3 is 21.7 Å². The minimum Gasteiger partial charge on any atom is -1.00 e. The molecule has 4 aromatic rings. The van der Waals surface area contributed by atoms with E-state index < -0.39 is 0 Å². The van der Waals surface area contributed by atoms with E-state index in [1.165, 1.54) is 18.4 Å². The zero-order valence-electron chi connectivity index (χ0n) is 17.6. The first-order chi connectivity index (χ1) is 15.7. The summed E-state index contributed by atoms with van der Waals surface area (Å²) < 4.78 is 20.7. The molecule has 0 saturated carbocycles. The molecule has 1 fully saturated rings. The number of amides is 1. The summed E-state index contributed by atoms with van der Waals surface area (Å²) in [7, 11) is 0. The van der Waals surface area contributed by atoms with Gasteiger partial charge in [0.25, 0.3) is 5.91 Å². The lowest BCUT2D eigenvalue weighted by atomic mass is 10.0. The van der Waals surface area contributed by atoms with Gasteiger partial charge in [-0.05, 0) is 51.7 Å². The Kier molecular flexibility index (Phi) is 7.17. The van der Waals surface area contributed by atoms with Crippen molar-refractivity contribution >= 4 is 17.2 Å². The van der Waals surface area contributed by atoms with Crippen LogP contribution in [0.15, 0.2) is 64.6 Å². The molecular formula is C22H21ClFN6O2S-. The molecule has 33 heavy (non-hydrogen) atoms. The van der Waals surface area contributed by atoms with E-state index in [0.717, 1.165) is 10.4 Å². The number of carbonyl (C=O) groups excluding carboxylic acids is 1. The lowest BCUT2D eigenvalue weighted by molar-refractivity contribution is -0.0000179. The normalized spacial score (nSPS) is 15.2.